The number of rotatable bonds is 3. The highest BCUT2D eigenvalue weighted by Gasteiger charge is 2.30. The maximum atomic E-state index is 13.1. The largest absolute Gasteiger partial charge is 0.416 e. The van der Waals surface area contributed by atoms with E-state index < -0.39 is 11.7 Å². The summed E-state index contributed by atoms with van der Waals surface area (Å²) in [7, 11) is 0. The number of pyridine rings is 1. The van der Waals surface area contributed by atoms with Crippen LogP contribution in [0.4, 0.5) is 13.2 Å². The molecule has 2 heterocycles. The summed E-state index contributed by atoms with van der Waals surface area (Å²) in [6.45, 7) is 1.86. The maximum absolute atomic E-state index is 13.1. The van der Waals surface area contributed by atoms with Crippen molar-refractivity contribution in [3.8, 4) is 0 Å². The predicted molar refractivity (Wildman–Crippen MR) is 185 cm³/mol. The molecular formula is C41H32F3N3. The molecule has 1 aliphatic rings. The molecule has 0 amide bonds. The van der Waals surface area contributed by atoms with Crippen LogP contribution in [0.25, 0.3) is 44.5 Å². The number of aryl methyl sites for hydroxylation is 2. The molecule has 0 saturated heterocycles. The molecule has 0 spiro atoms. The van der Waals surface area contributed by atoms with Crippen molar-refractivity contribution in [1.82, 2.24) is 15.0 Å². The zero-order valence-electron chi connectivity index (χ0n) is 25.9. The van der Waals surface area contributed by atoms with E-state index in [2.05, 4.69) is 70.6 Å². The Morgan fingerprint density at radius 2 is 1.49 bits per heavy atom. The van der Waals surface area contributed by atoms with E-state index in [-0.39, 0.29) is 5.92 Å². The molecule has 0 saturated carbocycles. The first-order chi connectivity index (χ1) is 22.8. The lowest BCUT2D eigenvalue weighted by molar-refractivity contribution is -0.137. The van der Waals surface area contributed by atoms with Crippen LogP contribution in [0.5, 0.6) is 0 Å². The maximum Gasteiger partial charge on any atom is 0.416 e. The first kappa shape index (κ1) is 30.3. The average molecular weight is 624 g/mol. The van der Waals surface area contributed by atoms with Gasteiger partial charge in [0.2, 0.25) is 0 Å². The van der Waals surface area contributed by atoms with Crippen molar-refractivity contribution in [2.75, 3.05) is 0 Å². The van der Waals surface area contributed by atoms with E-state index in [1.54, 1.807) is 18.2 Å². The second-order valence-corrected chi connectivity index (χ2v) is 12.0. The van der Waals surface area contributed by atoms with Gasteiger partial charge in [0.25, 0.3) is 0 Å². The molecule has 1 atom stereocenters. The van der Waals surface area contributed by atoms with Gasteiger partial charge in [-0.15, -0.1) is 0 Å². The third kappa shape index (κ3) is 6.63. The number of halogens is 3. The number of alkyl halides is 3. The van der Waals surface area contributed by atoms with Gasteiger partial charge >= 0.3 is 6.18 Å². The Morgan fingerprint density at radius 3 is 2.32 bits per heavy atom. The lowest BCUT2D eigenvalue weighted by Crippen LogP contribution is -2.15. The van der Waals surface area contributed by atoms with Gasteiger partial charge in [0.1, 0.15) is 5.82 Å². The summed E-state index contributed by atoms with van der Waals surface area (Å²) in [5.41, 5.74) is 4.30. The molecule has 7 aromatic rings. The highest BCUT2D eigenvalue weighted by molar-refractivity contribution is 6.08. The fourth-order valence-corrected chi connectivity index (χ4v) is 6.56. The van der Waals surface area contributed by atoms with Crippen LogP contribution in [0, 0.1) is 6.92 Å². The topological polar surface area (TPSA) is 38.7 Å². The van der Waals surface area contributed by atoms with Gasteiger partial charge in [0.15, 0.2) is 0 Å². The summed E-state index contributed by atoms with van der Waals surface area (Å²) in [5.74, 6) is 0.935. The molecule has 6 heteroatoms. The molecule has 0 N–H and O–H groups in total. The van der Waals surface area contributed by atoms with Crippen molar-refractivity contribution in [3.63, 3.8) is 0 Å². The van der Waals surface area contributed by atoms with Crippen molar-refractivity contribution >= 4 is 44.5 Å². The minimum absolute atomic E-state index is 0.271. The molecule has 0 fully saturated rings. The van der Waals surface area contributed by atoms with E-state index >= 15 is 0 Å². The molecule has 8 rings (SSSR count). The van der Waals surface area contributed by atoms with Crippen molar-refractivity contribution in [3.05, 3.63) is 161 Å². The molecule has 1 unspecified atom stereocenters. The average Bonchev–Trinajstić information content (AvgIpc) is 3.10. The molecule has 2 aromatic heterocycles. The van der Waals surface area contributed by atoms with Gasteiger partial charge in [0.05, 0.1) is 11.3 Å². The quantitative estimate of drug-likeness (QED) is 0.184. The Bertz CT molecular complexity index is 2190. The van der Waals surface area contributed by atoms with Gasteiger partial charge in [-0.2, -0.15) is 13.2 Å². The Hall–Kier alpha value is -5.36. The van der Waals surface area contributed by atoms with Crippen LogP contribution in [0.2, 0.25) is 0 Å². The molecule has 5 aromatic carbocycles. The monoisotopic (exact) mass is 623 g/mol. The second-order valence-electron chi connectivity index (χ2n) is 12.0. The van der Waals surface area contributed by atoms with Crippen LogP contribution < -0.4 is 0 Å². The lowest BCUT2D eigenvalue weighted by atomic mass is 9.79. The summed E-state index contributed by atoms with van der Waals surface area (Å²) >= 11 is 0. The minimum Gasteiger partial charge on any atom is -0.264 e. The van der Waals surface area contributed by atoms with Gasteiger partial charge in [-0.25, -0.2) is 9.97 Å². The minimum atomic E-state index is -4.36. The van der Waals surface area contributed by atoms with Crippen LogP contribution in [0.1, 0.15) is 51.8 Å². The van der Waals surface area contributed by atoms with E-state index in [4.69, 9.17) is 4.98 Å². The number of aromatic nitrogens is 3. The highest BCUT2D eigenvalue weighted by Crippen LogP contribution is 2.38. The van der Waals surface area contributed by atoms with Crippen molar-refractivity contribution in [1.29, 1.82) is 0 Å². The second kappa shape index (κ2) is 12.8. The van der Waals surface area contributed by atoms with E-state index in [0.29, 0.717) is 17.1 Å². The van der Waals surface area contributed by atoms with Gasteiger partial charge in [-0.1, -0.05) is 91.0 Å². The van der Waals surface area contributed by atoms with Gasteiger partial charge < -0.3 is 0 Å². The van der Waals surface area contributed by atoms with Crippen LogP contribution in [-0.4, -0.2) is 15.0 Å². The number of fused-ring (bicyclic) bond motifs is 6. The van der Waals surface area contributed by atoms with Crippen LogP contribution in [0.3, 0.4) is 0 Å². The third-order valence-corrected chi connectivity index (χ3v) is 8.85. The zero-order chi connectivity index (χ0) is 32.4. The first-order valence-electron chi connectivity index (χ1n) is 15.7. The Morgan fingerprint density at radius 1 is 0.702 bits per heavy atom. The molecular weight excluding hydrogens is 591 g/mol. The normalized spacial score (nSPS) is 14.7. The lowest BCUT2D eigenvalue weighted by Gasteiger charge is -2.26. The third-order valence-electron chi connectivity index (χ3n) is 8.85. The first-order valence-corrected chi connectivity index (χ1v) is 15.7. The fraction of sp³-hybridized carbons (Fsp3) is 0.146. The molecule has 1 aliphatic carbocycles. The van der Waals surface area contributed by atoms with Gasteiger partial charge in [-0.05, 0) is 106 Å². The number of nitrogens with zero attached hydrogens (tertiary/aromatic N) is 3. The van der Waals surface area contributed by atoms with Crippen molar-refractivity contribution < 1.29 is 13.2 Å². The van der Waals surface area contributed by atoms with Crippen molar-refractivity contribution in [2.24, 2.45) is 0 Å². The SMILES string of the molecule is Cc1nc(/C=C/c2cccc(C(F)(F)F)c2)cc(C2CCc3c(ccc4c3ccc3ccccc34)C2)n1.c1ccc2cnccc2c1. The van der Waals surface area contributed by atoms with Gasteiger partial charge in [-0.3, -0.25) is 4.98 Å². The molecule has 0 aliphatic heterocycles. The Labute approximate surface area is 271 Å². The molecule has 47 heavy (non-hydrogen) atoms. The van der Waals surface area contributed by atoms with E-state index in [9.17, 15) is 13.2 Å². The standard InChI is InChI=1S/C32H25F3N2.C9H7N/c1-20-36-26(13-9-21-5-4-7-25(17-21)32(33,34)35)19-31(37-20)24-12-14-28-23(18-24)11-16-29-27-8-3-2-6-22(27)10-15-30(28)29;1-2-4-9-7-10-6-5-8(9)3-1/h2-11,13,15-17,19,24H,12,14,18H2,1H3;1-7H/b13-9+;. The Balaban J connectivity index is 0.000000298. The summed E-state index contributed by atoms with van der Waals surface area (Å²) in [6, 6.07) is 35.0. The highest BCUT2D eigenvalue weighted by atomic mass is 19.4. The van der Waals surface area contributed by atoms with Crippen LogP contribution in [-0.2, 0) is 19.0 Å². The molecule has 232 valence electrons. The fourth-order valence-electron chi connectivity index (χ4n) is 6.56. The number of hydrogen-bond acceptors (Lipinski definition) is 3. The Kier molecular flexibility index (Phi) is 8.25. The summed E-state index contributed by atoms with van der Waals surface area (Å²) in [5, 5.41) is 7.62. The van der Waals surface area contributed by atoms with E-state index in [1.165, 1.54) is 49.5 Å². The van der Waals surface area contributed by atoms with Crippen LogP contribution in [0.15, 0.2) is 122 Å². The predicted octanol–water partition coefficient (Wildman–Crippen LogP) is 10.8. The smallest absolute Gasteiger partial charge is 0.264 e. The number of benzene rings is 5. The molecule has 3 nitrogen and oxygen atoms in total. The van der Waals surface area contributed by atoms with Gasteiger partial charge in [0, 0.05) is 24.0 Å². The van der Waals surface area contributed by atoms with Crippen molar-refractivity contribution in [2.45, 2.75) is 38.3 Å². The van der Waals surface area contributed by atoms with E-state index in [1.807, 2.05) is 43.6 Å². The van der Waals surface area contributed by atoms with Crippen LogP contribution >= 0.6 is 0 Å². The summed E-state index contributed by atoms with van der Waals surface area (Å²) in [6.07, 6.45) is 5.64. The molecule has 0 radical (unpaired) electrons. The summed E-state index contributed by atoms with van der Waals surface area (Å²) in [4.78, 5) is 13.3. The van der Waals surface area contributed by atoms with E-state index in [0.717, 1.165) is 37.1 Å². The zero-order valence-corrected chi connectivity index (χ0v) is 25.9. The number of hydrogen-bond donors (Lipinski definition) is 0. The summed E-state index contributed by atoms with van der Waals surface area (Å²) < 4.78 is 39.2. The molecule has 0 bridgehead atoms.